The summed E-state index contributed by atoms with van der Waals surface area (Å²) >= 11 is 0. The Hall–Kier alpha value is -1.09. The van der Waals surface area contributed by atoms with Crippen LogP contribution in [0.25, 0.3) is 0 Å². The fourth-order valence-electron chi connectivity index (χ4n) is 2.78. The van der Waals surface area contributed by atoms with Crippen molar-refractivity contribution in [2.75, 3.05) is 13.7 Å². The maximum atomic E-state index is 14.3. The molecular weight excluding hydrogens is 229 g/mol. The summed E-state index contributed by atoms with van der Waals surface area (Å²) in [5, 5.41) is 3.45. The van der Waals surface area contributed by atoms with Crippen LogP contribution in [-0.2, 0) is 5.54 Å². The van der Waals surface area contributed by atoms with E-state index in [1.165, 1.54) is 0 Å². The van der Waals surface area contributed by atoms with Gasteiger partial charge < -0.3 is 10.1 Å². The molecule has 0 spiro atoms. The van der Waals surface area contributed by atoms with Crippen molar-refractivity contribution in [3.8, 4) is 5.75 Å². The molecule has 1 aliphatic heterocycles. The van der Waals surface area contributed by atoms with E-state index in [0.717, 1.165) is 24.9 Å². The normalized spacial score (nSPS) is 23.7. The summed E-state index contributed by atoms with van der Waals surface area (Å²) in [6, 6.07) is 3.65. The number of ether oxygens (including phenoxy) is 1. The molecule has 1 aromatic carbocycles. The lowest BCUT2D eigenvalue weighted by atomic mass is 9.88. The molecule has 1 unspecified atom stereocenters. The molecule has 1 N–H and O–H groups in total. The Kier molecular flexibility index (Phi) is 3.62. The third-order valence-corrected chi connectivity index (χ3v) is 3.89. The van der Waals surface area contributed by atoms with Crippen molar-refractivity contribution in [3.63, 3.8) is 0 Å². The maximum Gasteiger partial charge on any atom is 0.130 e. The van der Waals surface area contributed by atoms with Gasteiger partial charge in [0.15, 0.2) is 0 Å². The summed E-state index contributed by atoms with van der Waals surface area (Å²) in [5.41, 5.74) is 1.53. The lowest BCUT2D eigenvalue weighted by Gasteiger charge is -2.27. The van der Waals surface area contributed by atoms with Crippen LogP contribution < -0.4 is 10.1 Å². The Morgan fingerprint density at radius 3 is 2.61 bits per heavy atom. The second-order valence-corrected chi connectivity index (χ2v) is 5.59. The summed E-state index contributed by atoms with van der Waals surface area (Å²) in [6.07, 6.45) is 2.17. The van der Waals surface area contributed by atoms with Crippen LogP contribution in [0.5, 0.6) is 5.75 Å². The monoisotopic (exact) mass is 251 g/mol. The molecule has 1 aromatic rings. The van der Waals surface area contributed by atoms with Gasteiger partial charge in [-0.25, -0.2) is 4.39 Å². The third-order valence-electron chi connectivity index (χ3n) is 3.89. The molecule has 1 heterocycles. The molecule has 0 aliphatic carbocycles. The molecule has 1 atom stereocenters. The highest BCUT2D eigenvalue weighted by molar-refractivity contribution is 5.43. The number of halogens is 1. The Bertz CT molecular complexity index is 436. The molecule has 2 rings (SSSR count). The summed E-state index contributed by atoms with van der Waals surface area (Å²) in [4.78, 5) is 0. The van der Waals surface area contributed by atoms with Crippen LogP contribution in [0, 0.1) is 5.82 Å². The van der Waals surface area contributed by atoms with Crippen molar-refractivity contribution in [1.82, 2.24) is 5.32 Å². The van der Waals surface area contributed by atoms with E-state index >= 15 is 0 Å². The molecule has 18 heavy (non-hydrogen) atoms. The standard InChI is InChI=1S/C15H22FNO/c1-10(2)14-12(16)8-11(9-13(14)18-4)15(3)6-5-7-17-15/h8-10,17H,5-7H2,1-4H3. The van der Waals surface area contributed by atoms with Crippen molar-refractivity contribution < 1.29 is 9.13 Å². The van der Waals surface area contributed by atoms with Crippen molar-refractivity contribution in [2.45, 2.75) is 45.1 Å². The van der Waals surface area contributed by atoms with Gasteiger partial charge in [0, 0.05) is 11.1 Å². The first-order valence-corrected chi connectivity index (χ1v) is 6.61. The number of hydrogen-bond acceptors (Lipinski definition) is 2. The fourth-order valence-corrected chi connectivity index (χ4v) is 2.78. The molecule has 1 saturated heterocycles. The molecule has 2 nitrogen and oxygen atoms in total. The van der Waals surface area contributed by atoms with Crippen LogP contribution in [0.15, 0.2) is 12.1 Å². The van der Waals surface area contributed by atoms with Crippen LogP contribution in [0.3, 0.4) is 0 Å². The SMILES string of the molecule is COc1cc(C2(C)CCCN2)cc(F)c1C(C)C. The van der Waals surface area contributed by atoms with E-state index in [4.69, 9.17) is 4.74 Å². The van der Waals surface area contributed by atoms with E-state index in [9.17, 15) is 4.39 Å². The van der Waals surface area contributed by atoms with Crippen LogP contribution in [0.1, 0.15) is 50.7 Å². The lowest BCUT2D eigenvalue weighted by molar-refractivity contribution is 0.390. The van der Waals surface area contributed by atoms with Gasteiger partial charge in [-0.3, -0.25) is 0 Å². The van der Waals surface area contributed by atoms with Crippen LogP contribution in [0.2, 0.25) is 0 Å². The van der Waals surface area contributed by atoms with Gasteiger partial charge in [0.25, 0.3) is 0 Å². The second kappa shape index (κ2) is 4.88. The maximum absolute atomic E-state index is 14.3. The zero-order valence-electron chi connectivity index (χ0n) is 11.6. The van der Waals surface area contributed by atoms with Gasteiger partial charge in [-0.1, -0.05) is 13.8 Å². The van der Waals surface area contributed by atoms with Gasteiger partial charge in [-0.05, 0) is 49.9 Å². The Balaban J connectivity index is 2.49. The van der Waals surface area contributed by atoms with E-state index in [2.05, 4.69) is 12.2 Å². The van der Waals surface area contributed by atoms with Crippen molar-refractivity contribution in [1.29, 1.82) is 0 Å². The van der Waals surface area contributed by atoms with E-state index in [0.29, 0.717) is 11.3 Å². The molecule has 100 valence electrons. The summed E-state index contributed by atoms with van der Waals surface area (Å²) in [6.45, 7) is 7.09. The molecule has 0 bridgehead atoms. The van der Waals surface area contributed by atoms with Gasteiger partial charge in [0.1, 0.15) is 11.6 Å². The minimum Gasteiger partial charge on any atom is -0.496 e. The van der Waals surface area contributed by atoms with E-state index in [1.807, 2.05) is 19.9 Å². The number of hydrogen-bond donors (Lipinski definition) is 1. The third kappa shape index (κ3) is 2.24. The van der Waals surface area contributed by atoms with Crippen molar-refractivity contribution in [2.24, 2.45) is 0 Å². The van der Waals surface area contributed by atoms with Crippen LogP contribution in [0.4, 0.5) is 4.39 Å². The predicted molar refractivity (Wildman–Crippen MR) is 71.6 cm³/mol. The molecule has 3 heteroatoms. The quantitative estimate of drug-likeness (QED) is 0.887. The zero-order chi connectivity index (χ0) is 13.3. The highest BCUT2D eigenvalue weighted by atomic mass is 19.1. The van der Waals surface area contributed by atoms with Gasteiger partial charge in [-0.2, -0.15) is 0 Å². The van der Waals surface area contributed by atoms with Gasteiger partial charge in [0.05, 0.1) is 7.11 Å². The zero-order valence-corrected chi connectivity index (χ0v) is 11.6. The Morgan fingerprint density at radius 1 is 1.39 bits per heavy atom. The molecule has 1 fully saturated rings. The molecule has 0 saturated carbocycles. The first-order chi connectivity index (χ1) is 8.48. The number of nitrogens with one attached hydrogen (secondary N) is 1. The van der Waals surface area contributed by atoms with E-state index in [1.54, 1.807) is 13.2 Å². The first-order valence-electron chi connectivity index (χ1n) is 6.61. The molecule has 0 amide bonds. The second-order valence-electron chi connectivity index (χ2n) is 5.59. The lowest BCUT2D eigenvalue weighted by Crippen LogP contribution is -2.33. The predicted octanol–water partition coefficient (Wildman–Crippen LogP) is 3.56. The van der Waals surface area contributed by atoms with Crippen LogP contribution >= 0.6 is 0 Å². The van der Waals surface area contributed by atoms with Gasteiger partial charge in [-0.15, -0.1) is 0 Å². The summed E-state index contributed by atoms with van der Waals surface area (Å²) in [5.74, 6) is 0.627. The van der Waals surface area contributed by atoms with Crippen molar-refractivity contribution >= 4 is 0 Å². The minimum absolute atomic E-state index is 0.121. The number of methoxy groups -OCH3 is 1. The molecule has 1 aliphatic rings. The van der Waals surface area contributed by atoms with Gasteiger partial charge >= 0.3 is 0 Å². The molecule has 0 aromatic heterocycles. The number of benzene rings is 1. The summed E-state index contributed by atoms with van der Waals surface area (Å²) in [7, 11) is 1.61. The van der Waals surface area contributed by atoms with Gasteiger partial charge in [0.2, 0.25) is 0 Å². The Morgan fingerprint density at radius 2 is 2.11 bits per heavy atom. The van der Waals surface area contributed by atoms with Crippen molar-refractivity contribution in [3.05, 3.63) is 29.1 Å². The number of rotatable bonds is 3. The van der Waals surface area contributed by atoms with E-state index in [-0.39, 0.29) is 17.3 Å². The average molecular weight is 251 g/mol. The average Bonchev–Trinajstić information content (AvgIpc) is 2.75. The minimum atomic E-state index is -0.158. The fraction of sp³-hybridized carbons (Fsp3) is 0.600. The smallest absolute Gasteiger partial charge is 0.130 e. The largest absolute Gasteiger partial charge is 0.496 e. The van der Waals surface area contributed by atoms with Crippen LogP contribution in [-0.4, -0.2) is 13.7 Å². The first kappa shape index (κ1) is 13.3. The Labute approximate surface area is 109 Å². The molecular formula is C15H22FNO. The summed E-state index contributed by atoms with van der Waals surface area (Å²) < 4.78 is 19.6. The topological polar surface area (TPSA) is 21.3 Å². The highest BCUT2D eigenvalue weighted by Gasteiger charge is 2.31. The molecule has 0 radical (unpaired) electrons. The van der Waals surface area contributed by atoms with E-state index < -0.39 is 0 Å². The highest BCUT2D eigenvalue weighted by Crippen LogP contribution is 2.37.